The number of nitrogens with one attached hydrogen (secondary N) is 3. The van der Waals surface area contributed by atoms with Crippen molar-refractivity contribution in [1.82, 2.24) is 25.2 Å². The topological polar surface area (TPSA) is 101 Å². The largest absolute Gasteiger partial charge is 0.334 e. The predicted molar refractivity (Wildman–Crippen MR) is 122 cm³/mol. The number of thiazole rings is 1. The Bertz CT molecular complexity index is 1150. The maximum atomic E-state index is 12.4. The van der Waals surface area contributed by atoms with Crippen LogP contribution in [0, 0.1) is 5.92 Å². The van der Waals surface area contributed by atoms with Gasteiger partial charge in [-0.1, -0.05) is 6.42 Å². The van der Waals surface area contributed by atoms with Crippen molar-refractivity contribution in [2.75, 3.05) is 18.4 Å². The van der Waals surface area contributed by atoms with Gasteiger partial charge in [0.15, 0.2) is 0 Å². The minimum atomic E-state index is -0.231. The highest BCUT2D eigenvalue weighted by Crippen LogP contribution is 2.30. The van der Waals surface area contributed by atoms with E-state index < -0.39 is 0 Å². The van der Waals surface area contributed by atoms with Gasteiger partial charge in [-0.3, -0.25) is 10.1 Å². The first-order valence-electron chi connectivity index (χ1n) is 10.9. The Labute approximate surface area is 184 Å². The van der Waals surface area contributed by atoms with Crippen LogP contribution >= 0.6 is 11.3 Å². The average Bonchev–Trinajstić information content (AvgIpc) is 3.20. The molecular formula is C22H26N6O2S. The van der Waals surface area contributed by atoms with Crippen LogP contribution in [0.5, 0.6) is 0 Å². The maximum absolute atomic E-state index is 12.4. The monoisotopic (exact) mass is 438 g/mol. The van der Waals surface area contributed by atoms with Crippen LogP contribution in [0.2, 0.25) is 0 Å². The predicted octanol–water partition coefficient (Wildman–Crippen LogP) is 3.19. The third-order valence-corrected chi connectivity index (χ3v) is 7.03. The van der Waals surface area contributed by atoms with Crippen molar-refractivity contribution in [3.63, 3.8) is 0 Å². The number of nitrogens with zero attached hydrogens (tertiary/aromatic N) is 3. The highest BCUT2D eigenvalue weighted by Gasteiger charge is 2.20. The van der Waals surface area contributed by atoms with E-state index in [1.165, 1.54) is 36.8 Å². The van der Waals surface area contributed by atoms with Crippen molar-refractivity contribution in [2.24, 2.45) is 5.92 Å². The number of rotatable bonds is 5. The van der Waals surface area contributed by atoms with Gasteiger partial charge in [-0.15, -0.1) is 11.3 Å². The summed E-state index contributed by atoms with van der Waals surface area (Å²) < 4.78 is 1.84. The summed E-state index contributed by atoms with van der Waals surface area (Å²) in [6.07, 6.45) is 7.09. The molecule has 5 rings (SSSR count). The molecule has 162 valence electrons. The molecule has 2 aliphatic rings. The van der Waals surface area contributed by atoms with Gasteiger partial charge in [0.2, 0.25) is 0 Å². The fourth-order valence-corrected chi connectivity index (χ4v) is 4.95. The Morgan fingerprint density at radius 1 is 1.26 bits per heavy atom. The van der Waals surface area contributed by atoms with Crippen molar-refractivity contribution in [3.8, 4) is 10.6 Å². The standard InChI is InChI=1S/C22H26N6O2S/c29-20-11-24-17-9-15(6-7-18(17)28(20)12-14-3-1-4-14)21-26-19(13-31-21)27-22(30)25-16-5-2-8-23-10-16/h6-7,9,11,13-14,16,23H,1-5,8,10,12H2,(H2,25,27,30)/t16-/m0/s1. The number of fused-ring (bicyclic) bond motifs is 1. The van der Waals surface area contributed by atoms with E-state index in [4.69, 9.17) is 0 Å². The van der Waals surface area contributed by atoms with Crippen LogP contribution in [0.1, 0.15) is 32.1 Å². The van der Waals surface area contributed by atoms with Gasteiger partial charge in [0, 0.05) is 30.1 Å². The molecule has 1 aliphatic heterocycles. The summed E-state index contributed by atoms with van der Waals surface area (Å²) in [5.41, 5.74) is 2.51. The third-order valence-electron chi connectivity index (χ3n) is 6.14. The Morgan fingerprint density at radius 3 is 2.94 bits per heavy atom. The molecule has 8 nitrogen and oxygen atoms in total. The summed E-state index contributed by atoms with van der Waals surface area (Å²) >= 11 is 1.47. The quantitative estimate of drug-likeness (QED) is 0.568. The van der Waals surface area contributed by atoms with Crippen molar-refractivity contribution >= 4 is 34.2 Å². The summed E-state index contributed by atoms with van der Waals surface area (Å²) in [4.78, 5) is 33.5. The molecule has 2 aromatic heterocycles. The number of anilines is 1. The molecule has 1 aliphatic carbocycles. The molecule has 0 radical (unpaired) electrons. The normalized spacial score (nSPS) is 19.2. The van der Waals surface area contributed by atoms with Gasteiger partial charge in [-0.2, -0.15) is 0 Å². The number of hydrogen-bond donors (Lipinski definition) is 3. The summed E-state index contributed by atoms with van der Waals surface area (Å²) in [6.45, 7) is 2.56. The van der Waals surface area contributed by atoms with E-state index in [-0.39, 0.29) is 17.6 Å². The molecule has 1 saturated heterocycles. The Morgan fingerprint density at radius 2 is 2.16 bits per heavy atom. The van der Waals surface area contributed by atoms with Crippen molar-refractivity contribution in [1.29, 1.82) is 0 Å². The molecule has 0 unspecified atom stereocenters. The second kappa shape index (κ2) is 8.76. The van der Waals surface area contributed by atoms with Crippen LogP contribution in [0.25, 0.3) is 21.6 Å². The number of hydrogen-bond acceptors (Lipinski definition) is 6. The van der Waals surface area contributed by atoms with Gasteiger partial charge >= 0.3 is 6.03 Å². The fourth-order valence-electron chi connectivity index (χ4n) is 4.20. The van der Waals surface area contributed by atoms with E-state index in [2.05, 4.69) is 25.9 Å². The third kappa shape index (κ3) is 4.47. The number of carbonyl (C=O) groups is 1. The number of aromatic nitrogens is 3. The van der Waals surface area contributed by atoms with E-state index >= 15 is 0 Å². The molecule has 1 aromatic carbocycles. The van der Waals surface area contributed by atoms with E-state index in [0.717, 1.165) is 54.1 Å². The molecule has 3 heterocycles. The first-order chi connectivity index (χ1) is 15.2. The number of piperidine rings is 1. The Hall–Kier alpha value is -2.78. The van der Waals surface area contributed by atoms with Crippen LogP contribution in [-0.4, -0.2) is 39.7 Å². The second-order valence-corrected chi connectivity index (χ2v) is 9.25. The lowest BCUT2D eigenvalue weighted by atomic mass is 9.85. The summed E-state index contributed by atoms with van der Waals surface area (Å²) in [5, 5.41) is 11.7. The van der Waals surface area contributed by atoms with Gasteiger partial charge in [0.1, 0.15) is 10.8 Å². The zero-order valence-corrected chi connectivity index (χ0v) is 18.1. The molecule has 9 heteroatoms. The minimum absolute atomic E-state index is 0.0490. The summed E-state index contributed by atoms with van der Waals surface area (Å²) in [5.74, 6) is 1.12. The molecule has 31 heavy (non-hydrogen) atoms. The average molecular weight is 439 g/mol. The van der Waals surface area contributed by atoms with Crippen LogP contribution in [-0.2, 0) is 6.54 Å². The first kappa shape index (κ1) is 20.1. The highest BCUT2D eigenvalue weighted by atomic mass is 32.1. The Kier molecular flexibility index (Phi) is 5.69. The maximum Gasteiger partial charge on any atom is 0.320 e. The zero-order chi connectivity index (χ0) is 21.2. The van der Waals surface area contributed by atoms with E-state index in [9.17, 15) is 9.59 Å². The van der Waals surface area contributed by atoms with Crippen LogP contribution in [0.4, 0.5) is 10.6 Å². The van der Waals surface area contributed by atoms with Crippen LogP contribution in [0.3, 0.4) is 0 Å². The first-order valence-corrected chi connectivity index (χ1v) is 11.8. The molecule has 1 saturated carbocycles. The Balaban J connectivity index is 1.31. The van der Waals surface area contributed by atoms with Crippen molar-refractivity contribution in [3.05, 3.63) is 40.1 Å². The molecule has 1 atom stereocenters. The molecule has 3 aromatic rings. The molecule has 0 bridgehead atoms. The highest BCUT2D eigenvalue weighted by molar-refractivity contribution is 7.13. The van der Waals surface area contributed by atoms with Gasteiger partial charge in [0.05, 0.1) is 17.2 Å². The SMILES string of the molecule is O=C(Nc1csc(-c2ccc3c(c2)ncc(=O)n3CC2CCC2)n1)N[C@H]1CCCNC1. The van der Waals surface area contributed by atoms with Crippen molar-refractivity contribution in [2.45, 2.75) is 44.7 Å². The van der Waals surface area contributed by atoms with E-state index in [1.807, 2.05) is 28.1 Å². The molecular weight excluding hydrogens is 412 g/mol. The van der Waals surface area contributed by atoms with Gasteiger partial charge in [-0.25, -0.2) is 14.8 Å². The minimum Gasteiger partial charge on any atom is -0.334 e. The lowest BCUT2D eigenvalue weighted by Gasteiger charge is -2.26. The number of urea groups is 1. The zero-order valence-electron chi connectivity index (χ0n) is 17.3. The number of amides is 2. The van der Waals surface area contributed by atoms with Gasteiger partial charge < -0.3 is 15.2 Å². The summed E-state index contributed by atoms with van der Waals surface area (Å²) in [6, 6.07) is 5.80. The molecule has 2 fully saturated rings. The number of carbonyl (C=O) groups excluding carboxylic acids is 1. The van der Waals surface area contributed by atoms with E-state index in [1.54, 1.807) is 0 Å². The lowest BCUT2D eigenvalue weighted by molar-refractivity contribution is 0.245. The molecule has 2 amide bonds. The van der Waals surface area contributed by atoms with E-state index in [0.29, 0.717) is 11.7 Å². The smallest absolute Gasteiger partial charge is 0.320 e. The fraction of sp³-hybridized carbons (Fsp3) is 0.455. The van der Waals surface area contributed by atoms with Crippen LogP contribution in [0.15, 0.2) is 34.6 Å². The lowest BCUT2D eigenvalue weighted by Crippen LogP contribution is -2.47. The van der Waals surface area contributed by atoms with Gasteiger partial charge in [0.25, 0.3) is 5.56 Å². The van der Waals surface area contributed by atoms with Crippen LogP contribution < -0.4 is 21.5 Å². The number of benzene rings is 1. The van der Waals surface area contributed by atoms with Gasteiger partial charge in [-0.05, 0) is 56.3 Å². The molecule has 0 spiro atoms. The van der Waals surface area contributed by atoms with Crippen molar-refractivity contribution < 1.29 is 4.79 Å². The molecule has 3 N–H and O–H groups in total. The second-order valence-electron chi connectivity index (χ2n) is 8.39. The summed E-state index contributed by atoms with van der Waals surface area (Å²) in [7, 11) is 0.